The second-order valence-corrected chi connectivity index (χ2v) is 7.27. The standard InChI is InChI=1S/C22H25FN4O3/c23-16-8-10-18(11-9-16)27(15-21(29)25-17-5-1-2-6-17)22(30)13-12-20(28)26-19-7-3-4-14-24-19/h3-4,7-11,14,17H,1-2,5-6,12-13,15H2,(H,25,29)(H,24,26,28). The van der Waals surface area contributed by atoms with Crippen molar-refractivity contribution < 1.29 is 18.8 Å². The summed E-state index contributed by atoms with van der Waals surface area (Å²) in [5, 5.41) is 5.57. The van der Waals surface area contributed by atoms with Gasteiger partial charge in [0, 0.05) is 30.8 Å². The van der Waals surface area contributed by atoms with E-state index in [2.05, 4.69) is 15.6 Å². The van der Waals surface area contributed by atoms with E-state index >= 15 is 0 Å². The van der Waals surface area contributed by atoms with Crippen LogP contribution in [0.5, 0.6) is 0 Å². The van der Waals surface area contributed by atoms with Crippen molar-refractivity contribution in [2.45, 2.75) is 44.6 Å². The van der Waals surface area contributed by atoms with Crippen molar-refractivity contribution in [1.29, 1.82) is 0 Å². The molecule has 0 saturated heterocycles. The van der Waals surface area contributed by atoms with E-state index in [9.17, 15) is 18.8 Å². The molecular weight excluding hydrogens is 387 g/mol. The molecule has 2 N–H and O–H groups in total. The van der Waals surface area contributed by atoms with Crippen LogP contribution in [0.4, 0.5) is 15.9 Å². The van der Waals surface area contributed by atoms with Crippen LogP contribution in [0, 0.1) is 5.82 Å². The van der Waals surface area contributed by atoms with Gasteiger partial charge in [-0.1, -0.05) is 18.9 Å². The summed E-state index contributed by atoms with van der Waals surface area (Å²) in [6.45, 7) is -0.178. The van der Waals surface area contributed by atoms with Crippen molar-refractivity contribution in [2.24, 2.45) is 0 Å². The number of carbonyl (C=O) groups excluding carboxylic acids is 3. The van der Waals surface area contributed by atoms with Gasteiger partial charge in [-0.25, -0.2) is 9.37 Å². The topological polar surface area (TPSA) is 91.4 Å². The molecule has 0 spiro atoms. The van der Waals surface area contributed by atoms with E-state index in [1.807, 2.05) is 0 Å². The number of hydrogen-bond donors (Lipinski definition) is 2. The average Bonchev–Trinajstić information content (AvgIpc) is 3.25. The summed E-state index contributed by atoms with van der Waals surface area (Å²) in [5.41, 5.74) is 0.410. The molecule has 1 saturated carbocycles. The lowest BCUT2D eigenvalue weighted by Gasteiger charge is -2.23. The van der Waals surface area contributed by atoms with Crippen molar-refractivity contribution in [3.63, 3.8) is 0 Å². The van der Waals surface area contributed by atoms with E-state index in [1.54, 1.807) is 24.4 Å². The highest BCUT2D eigenvalue weighted by Crippen LogP contribution is 2.19. The number of benzene rings is 1. The Bertz CT molecular complexity index is 868. The molecule has 8 heteroatoms. The van der Waals surface area contributed by atoms with Crippen molar-refractivity contribution in [1.82, 2.24) is 10.3 Å². The summed E-state index contributed by atoms with van der Waals surface area (Å²) in [7, 11) is 0. The van der Waals surface area contributed by atoms with E-state index in [-0.39, 0.29) is 43.1 Å². The van der Waals surface area contributed by atoms with Gasteiger partial charge in [-0.3, -0.25) is 14.4 Å². The fraction of sp³-hybridized carbons (Fsp3) is 0.364. The number of aromatic nitrogens is 1. The molecule has 0 radical (unpaired) electrons. The Kier molecular flexibility index (Phi) is 7.48. The van der Waals surface area contributed by atoms with Crippen LogP contribution in [0.2, 0.25) is 0 Å². The minimum atomic E-state index is -0.434. The molecule has 0 bridgehead atoms. The largest absolute Gasteiger partial charge is 0.352 e. The molecule has 0 atom stereocenters. The van der Waals surface area contributed by atoms with Gasteiger partial charge in [-0.05, 0) is 49.2 Å². The maximum absolute atomic E-state index is 13.3. The molecule has 158 valence electrons. The minimum absolute atomic E-state index is 0.0582. The number of anilines is 2. The van der Waals surface area contributed by atoms with E-state index in [0.717, 1.165) is 25.7 Å². The van der Waals surface area contributed by atoms with Gasteiger partial charge in [-0.2, -0.15) is 0 Å². The molecule has 30 heavy (non-hydrogen) atoms. The van der Waals surface area contributed by atoms with Gasteiger partial charge >= 0.3 is 0 Å². The molecule has 7 nitrogen and oxygen atoms in total. The molecule has 1 aliphatic carbocycles. The van der Waals surface area contributed by atoms with Gasteiger partial charge in [0.1, 0.15) is 18.2 Å². The predicted octanol–water partition coefficient (Wildman–Crippen LogP) is 3.03. The Morgan fingerprint density at radius 3 is 2.40 bits per heavy atom. The first-order valence-electron chi connectivity index (χ1n) is 10.1. The molecule has 0 aliphatic heterocycles. The number of rotatable bonds is 8. The van der Waals surface area contributed by atoms with Crippen molar-refractivity contribution >= 4 is 29.2 Å². The third kappa shape index (κ3) is 6.37. The summed E-state index contributed by atoms with van der Waals surface area (Å²) in [5.74, 6) is -1.04. The van der Waals surface area contributed by atoms with Crippen LogP contribution in [0.1, 0.15) is 38.5 Å². The molecule has 1 heterocycles. The van der Waals surface area contributed by atoms with E-state index in [4.69, 9.17) is 0 Å². The minimum Gasteiger partial charge on any atom is -0.352 e. The highest BCUT2D eigenvalue weighted by atomic mass is 19.1. The summed E-state index contributed by atoms with van der Waals surface area (Å²) < 4.78 is 13.3. The Hall–Kier alpha value is -3.29. The smallest absolute Gasteiger partial charge is 0.240 e. The van der Waals surface area contributed by atoms with Crippen LogP contribution in [0.15, 0.2) is 48.7 Å². The first kappa shape index (κ1) is 21.4. The summed E-state index contributed by atoms with van der Waals surface area (Å²) >= 11 is 0. The Morgan fingerprint density at radius 2 is 1.73 bits per heavy atom. The molecule has 1 aromatic heterocycles. The monoisotopic (exact) mass is 412 g/mol. The number of amides is 3. The van der Waals surface area contributed by atoms with Gasteiger partial charge in [0.25, 0.3) is 0 Å². The average molecular weight is 412 g/mol. The summed E-state index contributed by atoms with van der Waals surface area (Å²) in [6.07, 6.45) is 5.44. The fourth-order valence-electron chi connectivity index (χ4n) is 3.43. The summed E-state index contributed by atoms with van der Waals surface area (Å²) in [6, 6.07) is 10.6. The first-order valence-corrected chi connectivity index (χ1v) is 10.1. The van der Waals surface area contributed by atoms with Crippen molar-refractivity contribution in [3.8, 4) is 0 Å². The number of halogens is 1. The fourth-order valence-corrected chi connectivity index (χ4v) is 3.43. The van der Waals surface area contributed by atoms with Crippen LogP contribution >= 0.6 is 0 Å². The Morgan fingerprint density at radius 1 is 1.00 bits per heavy atom. The van der Waals surface area contributed by atoms with Crippen LogP contribution in [0.25, 0.3) is 0 Å². The number of hydrogen-bond acceptors (Lipinski definition) is 4. The lowest BCUT2D eigenvalue weighted by atomic mass is 10.2. The molecule has 0 unspecified atom stereocenters. The molecule has 3 amide bonds. The number of carbonyl (C=O) groups is 3. The number of pyridine rings is 1. The molecule has 2 aromatic rings. The van der Waals surface area contributed by atoms with Crippen LogP contribution in [-0.2, 0) is 14.4 Å². The van der Waals surface area contributed by atoms with Gasteiger partial charge in [-0.15, -0.1) is 0 Å². The van der Waals surface area contributed by atoms with E-state index in [0.29, 0.717) is 11.5 Å². The molecule has 1 fully saturated rings. The number of nitrogens with one attached hydrogen (secondary N) is 2. The van der Waals surface area contributed by atoms with Gasteiger partial charge in [0.2, 0.25) is 17.7 Å². The second kappa shape index (κ2) is 10.5. The third-order valence-electron chi connectivity index (χ3n) is 4.96. The zero-order chi connectivity index (χ0) is 21.3. The highest BCUT2D eigenvalue weighted by molar-refractivity contribution is 6.01. The third-order valence-corrected chi connectivity index (χ3v) is 4.96. The Balaban J connectivity index is 1.61. The van der Waals surface area contributed by atoms with Gasteiger partial charge in [0.15, 0.2) is 0 Å². The first-order chi connectivity index (χ1) is 14.5. The SMILES string of the molecule is O=C(CCC(=O)N(CC(=O)NC1CCCC1)c1ccc(F)cc1)Nc1ccccn1. The normalized spacial score (nSPS) is 13.6. The molecular formula is C22H25FN4O3. The zero-order valence-electron chi connectivity index (χ0n) is 16.6. The van der Waals surface area contributed by atoms with Crippen LogP contribution < -0.4 is 15.5 Å². The van der Waals surface area contributed by atoms with Gasteiger partial charge < -0.3 is 15.5 Å². The maximum Gasteiger partial charge on any atom is 0.240 e. The van der Waals surface area contributed by atoms with Crippen LogP contribution in [-0.4, -0.2) is 35.3 Å². The lowest BCUT2D eigenvalue weighted by Crippen LogP contribution is -2.43. The van der Waals surface area contributed by atoms with E-state index < -0.39 is 5.82 Å². The lowest BCUT2D eigenvalue weighted by molar-refractivity contribution is -0.125. The highest BCUT2D eigenvalue weighted by Gasteiger charge is 2.23. The molecule has 1 aromatic carbocycles. The van der Waals surface area contributed by atoms with E-state index in [1.165, 1.54) is 29.2 Å². The van der Waals surface area contributed by atoms with Crippen molar-refractivity contribution in [3.05, 3.63) is 54.5 Å². The Labute approximate surface area is 174 Å². The molecule has 3 rings (SSSR count). The van der Waals surface area contributed by atoms with Crippen LogP contribution in [0.3, 0.4) is 0 Å². The predicted molar refractivity (Wildman–Crippen MR) is 111 cm³/mol. The zero-order valence-corrected chi connectivity index (χ0v) is 16.6. The van der Waals surface area contributed by atoms with Gasteiger partial charge in [0.05, 0.1) is 0 Å². The quantitative estimate of drug-likeness (QED) is 0.697. The molecule has 1 aliphatic rings. The second-order valence-electron chi connectivity index (χ2n) is 7.27. The van der Waals surface area contributed by atoms with Crippen molar-refractivity contribution in [2.75, 3.05) is 16.8 Å². The number of nitrogens with zero attached hydrogens (tertiary/aromatic N) is 2. The summed E-state index contributed by atoms with van der Waals surface area (Å²) in [4.78, 5) is 42.7. The maximum atomic E-state index is 13.3.